The molecule has 0 unspecified atom stereocenters. The van der Waals surface area contributed by atoms with E-state index in [-0.39, 0.29) is 24.3 Å². The SMILES string of the molecule is C#CCCCCCc1cn(CCCO[C@H]2O[C@H](CN=[N+]=[N-])[C@@H](OC(=O)c3ccccc3)[C@H](OC(=O)c3ccccc3)[C@H]2NC(C)=O)nn1. The minimum absolute atomic E-state index is 0.157. The summed E-state index contributed by atoms with van der Waals surface area (Å²) in [6.07, 6.45) is 7.43. The van der Waals surface area contributed by atoms with E-state index in [9.17, 15) is 14.4 Å². The molecule has 0 bridgehead atoms. The van der Waals surface area contributed by atoms with Crippen molar-refractivity contribution in [3.63, 3.8) is 0 Å². The smallest absolute Gasteiger partial charge is 0.338 e. The Hall–Kier alpha value is -5.22. The maximum atomic E-state index is 13.3. The number of carbonyl (C=O) groups excluding carboxylic acids is 3. The molecule has 1 N–H and O–H groups in total. The number of aromatic nitrogens is 3. The maximum Gasteiger partial charge on any atom is 0.338 e. The van der Waals surface area contributed by atoms with E-state index < -0.39 is 48.5 Å². The number of benzene rings is 2. The Bertz CT molecular complexity index is 1570. The lowest BCUT2D eigenvalue weighted by Gasteiger charge is -2.45. The fraction of sp³-hybridized carbons (Fsp3) is 0.441. The lowest BCUT2D eigenvalue weighted by Crippen LogP contribution is -2.66. The Morgan fingerprint density at radius 3 is 2.29 bits per heavy atom. The van der Waals surface area contributed by atoms with Crippen molar-refractivity contribution in [2.24, 2.45) is 5.11 Å². The molecule has 1 amide bonds. The molecular weight excluding hydrogens is 618 g/mol. The van der Waals surface area contributed by atoms with Gasteiger partial charge in [0.2, 0.25) is 5.91 Å². The van der Waals surface area contributed by atoms with Crippen molar-refractivity contribution in [1.29, 1.82) is 0 Å². The van der Waals surface area contributed by atoms with Gasteiger partial charge in [-0.1, -0.05) is 53.1 Å². The van der Waals surface area contributed by atoms with Crippen LogP contribution in [0.5, 0.6) is 0 Å². The number of aryl methyl sites for hydroxylation is 2. The zero-order valence-electron chi connectivity index (χ0n) is 26.7. The fourth-order valence-electron chi connectivity index (χ4n) is 5.21. The standard InChI is InChI=1S/C34H39N7O7/c1-3-4-5-6-13-19-27-23-41(40-38-27)20-14-21-45-34-29(37-24(2)42)31(48-33(44)26-17-11-8-12-18-26)30(28(46-34)22-36-39-35)47-32(43)25-15-9-7-10-16-25/h1,7-12,15-18,23,28-31,34H,4-6,13-14,19-22H2,2H3,(H,37,42)/t28-,29-,30-,31-,34+/m1/s1. The first-order chi connectivity index (χ1) is 23.4. The van der Waals surface area contributed by atoms with Crippen molar-refractivity contribution in [1.82, 2.24) is 20.3 Å². The summed E-state index contributed by atoms with van der Waals surface area (Å²) in [4.78, 5) is 41.8. The van der Waals surface area contributed by atoms with Crippen LogP contribution < -0.4 is 5.32 Å². The number of unbranched alkanes of at least 4 members (excludes halogenated alkanes) is 3. The first-order valence-electron chi connectivity index (χ1n) is 15.8. The molecule has 252 valence electrons. The molecule has 14 heteroatoms. The molecule has 2 aromatic carbocycles. The van der Waals surface area contributed by atoms with Gasteiger partial charge in [0.25, 0.3) is 0 Å². The average molecular weight is 658 g/mol. The number of rotatable bonds is 17. The summed E-state index contributed by atoms with van der Waals surface area (Å²) in [6, 6.07) is 15.4. The predicted octanol–water partition coefficient (Wildman–Crippen LogP) is 4.41. The molecule has 48 heavy (non-hydrogen) atoms. The van der Waals surface area contributed by atoms with Gasteiger partial charge < -0.3 is 24.3 Å². The first kappa shape index (κ1) is 35.6. The average Bonchev–Trinajstić information content (AvgIpc) is 3.56. The lowest BCUT2D eigenvalue weighted by atomic mass is 9.95. The molecular formula is C34H39N7O7. The molecule has 14 nitrogen and oxygen atoms in total. The number of carbonyl (C=O) groups is 3. The number of nitrogens with one attached hydrogen (secondary N) is 1. The lowest BCUT2D eigenvalue weighted by molar-refractivity contribution is -0.261. The highest BCUT2D eigenvalue weighted by molar-refractivity contribution is 5.90. The van der Waals surface area contributed by atoms with E-state index in [1.165, 1.54) is 6.92 Å². The van der Waals surface area contributed by atoms with Crippen molar-refractivity contribution in [3.8, 4) is 12.3 Å². The zero-order valence-corrected chi connectivity index (χ0v) is 26.7. The monoisotopic (exact) mass is 657 g/mol. The Morgan fingerprint density at radius 2 is 1.67 bits per heavy atom. The van der Waals surface area contributed by atoms with Gasteiger partial charge in [0, 0.05) is 31.0 Å². The van der Waals surface area contributed by atoms with E-state index in [1.54, 1.807) is 65.3 Å². The van der Waals surface area contributed by atoms with Crippen molar-refractivity contribution >= 4 is 17.8 Å². The Labute approximate surface area is 278 Å². The Kier molecular flexibility index (Phi) is 14.0. The molecule has 0 aliphatic carbocycles. The highest BCUT2D eigenvalue weighted by atomic mass is 16.7. The summed E-state index contributed by atoms with van der Waals surface area (Å²) in [6.45, 7) is 1.67. The van der Waals surface area contributed by atoms with Crippen LogP contribution in [0.4, 0.5) is 0 Å². The third-order valence-corrected chi connectivity index (χ3v) is 7.50. The normalized spacial score (nSPS) is 20.1. The highest BCUT2D eigenvalue weighted by Crippen LogP contribution is 2.29. The fourth-order valence-corrected chi connectivity index (χ4v) is 5.21. The third kappa shape index (κ3) is 10.7. The summed E-state index contributed by atoms with van der Waals surface area (Å²) in [7, 11) is 0. The topological polar surface area (TPSA) is 180 Å². The number of terminal acetylenes is 1. The zero-order chi connectivity index (χ0) is 34.1. The number of amides is 1. The molecule has 1 aliphatic rings. The number of hydrogen-bond acceptors (Lipinski definition) is 10. The highest BCUT2D eigenvalue weighted by Gasteiger charge is 2.51. The van der Waals surface area contributed by atoms with Crippen LogP contribution in [0.25, 0.3) is 10.4 Å². The van der Waals surface area contributed by atoms with Crippen LogP contribution in [-0.2, 0) is 36.7 Å². The molecule has 1 aromatic heterocycles. The number of esters is 2. The quantitative estimate of drug-likeness (QED) is 0.0549. The van der Waals surface area contributed by atoms with Gasteiger partial charge in [-0.3, -0.25) is 9.48 Å². The predicted molar refractivity (Wildman–Crippen MR) is 173 cm³/mol. The van der Waals surface area contributed by atoms with Crippen molar-refractivity contribution < 1.29 is 33.3 Å². The van der Waals surface area contributed by atoms with E-state index in [2.05, 4.69) is 31.6 Å². The molecule has 0 radical (unpaired) electrons. The molecule has 1 saturated heterocycles. The van der Waals surface area contributed by atoms with Crippen LogP contribution in [0.3, 0.4) is 0 Å². The molecule has 5 atom stereocenters. The summed E-state index contributed by atoms with van der Waals surface area (Å²) in [5.74, 6) is 0.732. The van der Waals surface area contributed by atoms with Crippen molar-refractivity contribution in [2.45, 2.75) is 82.6 Å². The molecule has 1 aliphatic heterocycles. The number of nitrogens with zero attached hydrogens (tertiary/aromatic N) is 6. The van der Waals surface area contributed by atoms with E-state index >= 15 is 0 Å². The van der Waals surface area contributed by atoms with Crippen LogP contribution in [-0.4, -0.2) is 76.6 Å². The number of azide groups is 1. The summed E-state index contributed by atoms with van der Waals surface area (Å²) in [5.41, 5.74) is 10.5. The van der Waals surface area contributed by atoms with Gasteiger partial charge in [0.1, 0.15) is 12.1 Å². The van der Waals surface area contributed by atoms with Gasteiger partial charge in [-0.2, -0.15) is 0 Å². The van der Waals surface area contributed by atoms with Crippen LogP contribution >= 0.6 is 0 Å². The third-order valence-electron chi connectivity index (χ3n) is 7.50. The van der Waals surface area contributed by atoms with Gasteiger partial charge >= 0.3 is 11.9 Å². The largest absolute Gasteiger partial charge is 0.452 e. The van der Waals surface area contributed by atoms with Crippen LogP contribution in [0.1, 0.15) is 65.4 Å². The van der Waals surface area contributed by atoms with Gasteiger partial charge in [-0.25, -0.2) is 9.59 Å². The molecule has 0 spiro atoms. The van der Waals surface area contributed by atoms with Gasteiger partial charge in [0.15, 0.2) is 18.5 Å². The van der Waals surface area contributed by atoms with Crippen molar-refractivity contribution in [3.05, 3.63) is 94.1 Å². The van der Waals surface area contributed by atoms with E-state index in [4.69, 9.17) is 30.9 Å². The van der Waals surface area contributed by atoms with E-state index in [0.29, 0.717) is 13.0 Å². The Morgan fingerprint density at radius 1 is 1.00 bits per heavy atom. The first-order valence-corrected chi connectivity index (χ1v) is 15.8. The molecule has 4 rings (SSSR count). The van der Waals surface area contributed by atoms with E-state index in [1.807, 2.05) is 6.20 Å². The summed E-state index contributed by atoms with van der Waals surface area (Å²) in [5, 5.41) is 14.8. The van der Waals surface area contributed by atoms with Gasteiger partial charge in [-0.15, -0.1) is 17.4 Å². The summed E-state index contributed by atoms with van der Waals surface area (Å²) < 4.78 is 25.8. The molecule has 3 aromatic rings. The minimum atomic E-state index is -1.29. The van der Waals surface area contributed by atoms with Crippen LogP contribution in [0.2, 0.25) is 0 Å². The van der Waals surface area contributed by atoms with Crippen molar-refractivity contribution in [2.75, 3.05) is 13.2 Å². The number of ether oxygens (including phenoxy) is 4. The van der Waals surface area contributed by atoms with Gasteiger partial charge in [-0.05, 0) is 55.5 Å². The second-order valence-electron chi connectivity index (χ2n) is 11.1. The Balaban J connectivity index is 1.51. The second kappa shape index (κ2) is 18.8. The molecule has 1 fully saturated rings. The molecule has 0 saturated carbocycles. The summed E-state index contributed by atoms with van der Waals surface area (Å²) >= 11 is 0. The van der Waals surface area contributed by atoms with Gasteiger partial charge in [0.05, 0.1) is 30.0 Å². The second-order valence-corrected chi connectivity index (χ2v) is 11.1. The van der Waals surface area contributed by atoms with Crippen LogP contribution in [0, 0.1) is 12.3 Å². The van der Waals surface area contributed by atoms with Crippen LogP contribution in [0.15, 0.2) is 72.0 Å². The molecule has 2 heterocycles. The minimum Gasteiger partial charge on any atom is -0.452 e. The maximum absolute atomic E-state index is 13.3. The van der Waals surface area contributed by atoms with E-state index in [0.717, 1.165) is 37.8 Å². The number of hydrogen-bond donors (Lipinski definition) is 1.